The number of halogens is 1. The van der Waals surface area contributed by atoms with Gasteiger partial charge in [-0.25, -0.2) is 8.42 Å². The lowest BCUT2D eigenvalue weighted by Crippen LogP contribution is -2.37. The maximum absolute atomic E-state index is 12.6. The van der Waals surface area contributed by atoms with Gasteiger partial charge in [0.05, 0.1) is 10.6 Å². The van der Waals surface area contributed by atoms with Crippen molar-refractivity contribution in [3.05, 3.63) is 70.9 Å². The van der Waals surface area contributed by atoms with Gasteiger partial charge in [-0.1, -0.05) is 29.8 Å². The number of sulfonamides is 1. The van der Waals surface area contributed by atoms with Gasteiger partial charge < -0.3 is 5.43 Å². The molecule has 0 bridgehead atoms. The fraction of sp³-hybridized carbons (Fsp3) is 0.211. The van der Waals surface area contributed by atoms with Crippen molar-refractivity contribution in [2.75, 3.05) is 4.72 Å². The van der Waals surface area contributed by atoms with E-state index in [2.05, 4.69) is 21.6 Å². The van der Waals surface area contributed by atoms with Gasteiger partial charge in [0, 0.05) is 16.3 Å². The van der Waals surface area contributed by atoms with Crippen LogP contribution in [0, 0.1) is 0 Å². The highest BCUT2D eigenvalue weighted by Crippen LogP contribution is 2.20. The number of allylic oxidation sites excluding steroid dienone is 2. The Morgan fingerprint density at radius 1 is 1.04 bits per heavy atom. The van der Waals surface area contributed by atoms with Crippen molar-refractivity contribution in [1.82, 2.24) is 10.9 Å². The van der Waals surface area contributed by atoms with E-state index in [0.29, 0.717) is 10.7 Å². The van der Waals surface area contributed by atoms with Crippen LogP contribution in [0.15, 0.2) is 65.2 Å². The van der Waals surface area contributed by atoms with Crippen molar-refractivity contribution >= 4 is 33.2 Å². The van der Waals surface area contributed by atoms with Gasteiger partial charge in [-0.2, -0.15) is 0 Å². The largest absolute Gasteiger partial charge is 0.303 e. The van der Waals surface area contributed by atoms with E-state index in [1.165, 1.54) is 24.3 Å². The number of hydrogen-bond donors (Lipinski definition) is 3. The molecule has 6 nitrogen and oxygen atoms in total. The normalized spacial score (nSPS) is 14.2. The van der Waals surface area contributed by atoms with Crippen LogP contribution in [0.4, 0.5) is 5.69 Å². The fourth-order valence-electron chi connectivity index (χ4n) is 2.73. The lowest BCUT2D eigenvalue weighted by molar-refractivity contribution is 0.0937. The molecule has 8 heteroatoms. The second-order valence-electron chi connectivity index (χ2n) is 6.20. The fourth-order valence-corrected chi connectivity index (χ4v) is 4.02. The predicted octanol–water partition coefficient (Wildman–Crippen LogP) is 3.83. The van der Waals surface area contributed by atoms with Crippen LogP contribution in [0.3, 0.4) is 0 Å². The van der Waals surface area contributed by atoms with Crippen LogP contribution in [0.2, 0.25) is 5.02 Å². The highest BCUT2D eigenvalue weighted by molar-refractivity contribution is 7.92. The summed E-state index contributed by atoms with van der Waals surface area (Å²) < 4.78 is 27.6. The Morgan fingerprint density at radius 2 is 1.85 bits per heavy atom. The molecule has 0 heterocycles. The van der Waals surface area contributed by atoms with E-state index in [-0.39, 0.29) is 10.5 Å². The first-order valence-electron chi connectivity index (χ1n) is 8.58. The van der Waals surface area contributed by atoms with Gasteiger partial charge in [0.15, 0.2) is 0 Å². The van der Waals surface area contributed by atoms with Gasteiger partial charge in [-0.3, -0.25) is 14.9 Å². The summed E-state index contributed by atoms with van der Waals surface area (Å²) in [6.07, 6.45) is 6.16. The first-order chi connectivity index (χ1) is 12.9. The molecule has 0 saturated carbocycles. The third-order valence-electron chi connectivity index (χ3n) is 4.11. The molecule has 2 aromatic rings. The molecule has 0 aromatic heterocycles. The number of carbonyl (C=O) groups is 1. The molecule has 0 unspecified atom stereocenters. The minimum Gasteiger partial charge on any atom is -0.303 e. The lowest BCUT2D eigenvalue weighted by atomic mass is 10.1. The SMILES string of the molecule is O=C(NNC1=CCCCC1)c1cccc(S(=O)(=O)Nc2cccc(Cl)c2)c1. The summed E-state index contributed by atoms with van der Waals surface area (Å²) in [6.45, 7) is 0. The molecule has 142 valence electrons. The van der Waals surface area contributed by atoms with Gasteiger partial charge in [0.1, 0.15) is 0 Å². The number of amides is 1. The summed E-state index contributed by atoms with van der Waals surface area (Å²) in [5.41, 5.74) is 7.09. The van der Waals surface area contributed by atoms with Crippen LogP contribution >= 0.6 is 11.6 Å². The van der Waals surface area contributed by atoms with Gasteiger partial charge >= 0.3 is 0 Å². The first-order valence-corrected chi connectivity index (χ1v) is 10.4. The van der Waals surface area contributed by atoms with E-state index >= 15 is 0 Å². The quantitative estimate of drug-likeness (QED) is 0.637. The molecule has 3 rings (SSSR count). The standard InChI is InChI=1S/C19H20ClN3O3S/c20-15-7-5-10-17(13-15)23-27(25,26)18-11-4-6-14(12-18)19(24)22-21-16-8-2-1-3-9-16/h4-8,10-13,21,23H,1-3,9H2,(H,22,24). The molecule has 2 aromatic carbocycles. The molecule has 0 radical (unpaired) electrons. The minimum atomic E-state index is -3.84. The van der Waals surface area contributed by atoms with Crippen molar-refractivity contribution in [2.24, 2.45) is 0 Å². The molecule has 1 amide bonds. The Morgan fingerprint density at radius 3 is 2.59 bits per heavy atom. The molecule has 0 fully saturated rings. The zero-order valence-electron chi connectivity index (χ0n) is 14.5. The molecule has 3 N–H and O–H groups in total. The Kier molecular flexibility index (Phi) is 6.03. The third-order valence-corrected chi connectivity index (χ3v) is 5.72. The van der Waals surface area contributed by atoms with E-state index in [4.69, 9.17) is 11.6 Å². The summed E-state index contributed by atoms with van der Waals surface area (Å²) in [5, 5.41) is 0.423. The Labute approximate surface area is 163 Å². The van der Waals surface area contributed by atoms with E-state index in [9.17, 15) is 13.2 Å². The van der Waals surface area contributed by atoms with Crippen molar-refractivity contribution in [1.29, 1.82) is 0 Å². The van der Waals surface area contributed by atoms with Gasteiger partial charge in [-0.15, -0.1) is 0 Å². The number of rotatable bonds is 6. The van der Waals surface area contributed by atoms with Gasteiger partial charge in [0.25, 0.3) is 15.9 Å². The minimum absolute atomic E-state index is 0.00740. The molecule has 27 heavy (non-hydrogen) atoms. The Hall–Kier alpha value is -2.51. The molecule has 0 spiro atoms. The topological polar surface area (TPSA) is 87.3 Å². The van der Waals surface area contributed by atoms with Crippen molar-refractivity contribution in [2.45, 2.75) is 30.6 Å². The second kappa shape index (κ2) is 8.45. The molecule has 0 saturated heterocycles. The van der Waals surface area contributed by atoms with Crippen LogP contribution < -0.4 is 15.6 Å². The number of nitrogens with one attached hydrogen (secondary N) is 3. The number of carbonyl (C=O) groups excluding carboxylic acids is 1. The number of hydrogen-bond acceptors (Lipinski definition) is 4. The van der Waals surface area contributed by atoms with E-state index < -0.39 is 15.9 Å². The average molecular weight is 406 g/mol. The smallest absolute Gasteiger partial charge is 0.269 e. The summed E-state index contributed by atoms with van der Waals surface area (Å²) >= 11 is 5.89. The van der Waals surface area contributed by atoms with Crippen LogP contribution in [0.5, 0.6) is 0 Å². The zero-order chi connectivity index (χ0) is 19.3. The third kappa shape index (κ3) is 5.24. The number of benzene rings is 2. The molecule has 0 aliphatic heterocycles. The predicted molar refractivity (Wildman–Crippen MR) is 106 cm³/mol. The second-order valence-corrected chi connectivity index (χ2v) is 8.32. The van der Waals surface area contributed by atoms with E-state index in [1.54, 1.807) is 24.3 Å². The molecule has 1 aliphatic carbocycles. The maximum atomic E-state index is 12.6. The summed E-state index contributed by atoms with van der Waals surface area (Å²) in [4.78, 5) is 12.3. The lowest BCUT2D eigenvalue weighted by Gasteiger charge is -2.16. The van der Waals surface area contributed by atoms with E-state index in [0.717, 1.165) is 31.4 Å². The monoisotopic (exact) mass is 405 g/mol. The van der Waals surface area contributed by atoms with Crippen LogP contribution in [0.25, 0.3) is 0 Å². The zero-order valence-corrected chi connectivity index (χ0v) is 16.1. The van der Waals surface area contributed by atoms with Crippen molar-refractivity contribution in [3.8, 4) is 0 Å². The molecule has 1 aliphatic rings. The highest BCUT2D eigenvalue weighted by Gasteiger charge is 2.17. The molecular formula is C19H20ClN3O3S. The van der Waals surface area contributed by atoms with Gasteiger partial charge in [-0.05, 0) is 62.1 Å². The highest BCUT2D eigenvalue weighted by atomic mass is 35.5. The van der Waals surface area contributed by atoms with E-state index in [1.807, 2.05) is 0 Å². The molecule has 0 atom stereocenters. The van der Waals surface area contributed by atoms with Gasteiger partial charge in [0.2, 0.25) is 0 Å². The Balaban J connectivity index is 1.72. The van der Waals surface area contributed by atoms with Crippen LogP contribution in [-0.4, -0.2) is 14.3 Å². The molecular weight excluding hydrogens is 386 g/mol. The summed E-state index contributed by atoms with van der Waals surface area (Å²) in [7, 11) is -3.84. The number of anilines is 1. The first kappa shape index (κ1) is 19.3. The van der Waals surface area contributed by atoms with Crippen molar-refractivity contribution in [3.63, 3.8) is 0 Å². The summed E-state index contributed by atoms with van der Waals surface area (Å²) in [5.74, 6) is -0.402. The van der Waals surface area contributed by atoms with Crippen LogP contribution in [0.1, 0.15) is 36.0 Å². The maximum Gasteiger partial charge on any atom is 0.269 e. The number of hydrazine groups is 1. The summed E-state index contributed by atoms with van der Waals surface area (Å²) in [6, 6.07) is 12.3. The van der Waals surface area contributed by atoms with Crippen LogP contribution in [-0.2, 0) is 10.0 Å². The van der Waals surface area contributed by atoms with Crippen molar-refractivity contribution < 1.29 is 13.2 Å². The average Bonchev–Trinajstić information content (AvgIpc) is 2.67. The Bertz CT molecular complexity index is 974.